The highest BCUT2D eigenvalue weighted by atomic mass is 127. The van der Waals surface area contributed by atoms with Crippen LogP contribution >= 0.6 is 22.6 Å². The molecule has 0 bridgehead atoms. The number of benzene rings is 1. The second-order valence-electron chi connectivity index (χ2n) is 2.12. The van der Waals surface area contributed by atoms with Crippen molar-refractivity contribution in [1.82, 2.24) is 0 Å². The Balaban J connectivity index is 2.87. The normalized spacial score (nSPS) is 8.00. The molecule has 1 nitrogen and oxygen atoms in total. The molecule has 0 saturated carbocycles. The largest absolute Gasteiger partial charge is 0.192 e. The van der Waals surface area contributed by atoms with Gasteiger partial charge in [0.15, 0.2) is 0 Å². The minimum absolute atomic E-state index is 0.676. The molecule has 0 aliphatic carbocycles. The van der Waals surface area contributed by atoms with E-state index in [2.05, 4.69) is 40.5 Å². The molecule has 58 valence electrons. The second-order valence-corrected chi connectivity index (χ2v) is 2.89. The van der Waals surface area contributed by atoms with Crippen LogP contribution in [-0.2, 0) is 0 Å². The smallest absolute Gasteiger partial charge is 0.0991 e. The Bertz CT molecular complexity index is 348. The maximum Gasteiger partial charge on any atom is 0.0991 e. The van der Waals surface area contributed by atoms with E-state index in [-0.39, 0.29) is 0 Å². The fourth-order valence-electron chi connectivity index (χ4n) is 0.764. The van der Waals surface area contributed by atoms with E-state index in [1.807, 2.05) is 12.1 Å². The SMILES string of the molecule is N#Cc1ccc(C#CCI)cc1. The van der Waals surface area contributed by atoms with Crippen molar-refractivity contribution in [3.05, 3.63) is 35.4 Å². The lowest BCUT2D eigenvalue weighted by Gasteiger charge is -1.88. The third-order valence-corrected chi connectivity index (χ3v) is 1.69. The summed E-state index contributed by atoms with van der Waals surface area (Å²) in [5.41, 5.74) is 1.64. The highest BCUT2D eigenvalue weighted by Gasteiger charge is 1.88. The van der Waals surface area contributed by atoms with E-state index in [0.29, 0.717) is 5.56 Å². The first-order chi connectivity index (χ1) is 5.86. The van der Waals surface area contributed by atoms with Gasteiger partial charge in [0.2, 0.25) is 0 Å². The average Bonchev–Trinajstić information content (AvgIpc) is 2.15. The van der Waals surface area contributed by atoms with Gasteiger partial charge in [0, 0.05) is 5.56 Å². The first-order valence-corrected chi connectivity index (χ1v) is 4.94. The highest BCUT2D eigenvalue weighted by molar-refractivity contribution is 14.1. The van der Waals surface area contributed by atoms with Crippen molar-refractivity contribution in [2.45, 2.75) is 0 Å². The molecule has 12 heavy (non-hydrogen) atoms. The lowest BCUT2D eigenvalue weighted by atomic mass is 10.1. The molecule has 1 aromatic carbocycles. The maximum absolute atomic E-state index is 8.52. The van der Waals surface area contributed by atoms with E-state index in [1.165, 1.54) is 0 Å². The summed E-state index contributed by atoms with van der Waals surface area (Å²) >= 11 is 2.20. The Morgan fingerprint density at radius 3 is 2.25 bits per heavy atom. The summed E-state index contributed by atoms with van der Waals surface area (Å²) < 4.78 is 0.831. The molecule has 2 heteroatoms. The lowest BCUT2D eigenvalue weighted by molar-refractivity contribution is 1.48. The maximum atomic E-state index is 8.52. The number of alkyl halides is 1. The van der Waals surface area contributed by atoms with Gasteiger partial charge in [-0.05, 0) is 24.3 Å². The van der Waals surface area contributed by atoms with Crippen LogP contribution < -0.4 is 0 Å². The number of rotatable bonds is 0. The van der Waals surface area contributed by atoms with Gasteiger partial charge in [-0.1, -0.05) is 34.4 Å². The molecule has 0 aliphatic rings. The van der Waals surface area contributed by atoms with Crippen LogP contribution in [0.4, 0.5) is 0 Å². The highest BCUT2D eigenvalue weighted by Crippen LogP contribution is 2.01. The summed E-state index contributed by atoms with van der Waals surface area (Å²) in [4.78, 5) is 0. The van der Waals surface area contributed by atoms with Gasteiger partial charge in [-0.15, -0.1) is 0 Å². The first kappa shape index (κ1) is 9.09. The molecule has 0 aliphatic heterocycles. The molecule has 1 aromatic rings. The van der Waals surface area contributed by atoms with Crippen molar-refractivity contribution in [1.29, 1.82) is 5.26 Å². The Hall–Kier alpha value is -1.00. The summed E-state index contributed by atoms with van der Waals surface area (Å²) in [6.45, 7) is 0. The molecule has 0 amide bonds. The number of hydrogen-bond donors (Lipinski definition) is 0. The minimum atomic E-state index is 0.676. The predicted octanol–water partition coefficient (Wildman–Crippen LogP) is 2.34. The van der Waals surface area contributed by atoms with Crippen molar-refractivity contribution >= 4 is 22.6 Å². The Morgan fingerprint density at radius 1 is 1.17 bits per heavy atom. The fraction of sp³-hybridized carbons (Fsp3) is 0.100. The standard InChI is InChI=1S/C10H6IN/c11-7-1-2-9-3-5-10(8-12)6-4-9/h3-6H,7H2. The molecule has 0 unspecified atom stereocenters. The monoisotopic (exact) mass is 267 g/mol. The number of hydrogen-bond acceptors (Lipinski definition) is 1. The van der Waals surface area contributed by atoms with Gasteiger partial charge in [-0.25, -0.2) is 0 Å². The van der Waals surface area contributed by atoms with Gasteiger partial charge in [0.25, 0.3) is 0 Å². The average molecular weight is 267 g/mol. The molecule has 0 aromatic heterocycles. The zero-order valence-corrected chi connectivity index (χ0v) is 8.50. The van der Waals surface area contributed by atoms with Gasteiger partial charge in [0.1, 0.15) is 0 Å². The van der Waals surface area contributed by atoms with Crippen LogP contribution in [-0.4, -0.2) is 4.43 Å². The van der Waals surface area contributed by atoms with Gasteiger partial charge < -0.3 is 0 Å². The molecule has 0 fully saturated rings. The van der Waals surface area contributed by atoms with Gasteiger partial charge in [0.05, 0.1) is 16.1 Å². The molecule has 1 rings (SSSR count). The lowest BCUT2D eigenvalue weighted by Crippen LogP contribution is -1.76. The van der Waals surface area contributed by atoms with Crippen LogP contribution in [0.2, 0.25) is 0 Å². The van der Waals surface area contributed by atoms with Crippen molar-refractivity contribution in [3.8, 4) is 17.9 Å². The molecule has 0 radical (unpaired) electrons. The first-order valence-electron chi connectivity index (χ1n) is 3.42. The molecular formula is C10H6IN. The predicted molar refractivity (Wildman–Crippen MR) is 56.9 cm³/mol. The molecule has 0 atom stereocenters. The van der Waals surface area contributed by atoms with Crippen LogP contribution in [0.5, 0.6) is 0 Å². The van der Waals surface area contributed by atoms with Crippen LogP contribution in [0.3, 0.4) is 0 Å². The van der Waals surface area contributed by atoms with E-state index >= 15 is 0 Å². The van der Waals surface area contributed by atoms with Crippen LogP contribution in [0, 0.1) is 23.2 Å². The second kappa shape index (κ2) is 4.79. The third-order valence-electron chi connectivity index (χ3n) is 1.31. The third kappa shape index (κ3) is 2.56. The zero-order chi connectivity index (χ0) is 8.81. The Morgan fingerprint density at radius 2 is 1.75 bits per heavy atom. The molecule has 0 saturated heterocycles. The summed E-state index contributed by atoms with van der Waals surface area (Å²) in [7, 11) is 0. The Kier molecular flexibility index (Phi) is 3.63. The number of nitrogens with zero attached hydrogens (tertiary/aromatic N) is 1. The zero-order valence-electron chi connectivity index (χ0n) is 6.34. The minimum Gasteiger partial charge on any atom is -0.192 e. The van der Waals surface area contributed by atoms with E-state index in [0.717, 1.165) is 9.99 Å². The number of nitriles is 1. The van der Waals surface area contributed by atoms with Crippen molar-refractivity contribution in [3.63, 3.8) is 0 Å². The number of halogens is 1. The Labute approximate surface area is 85.5 Å². The van der Waals surface area contributed by atoms with Crippen molar-refractivity contribution in [2.24, 2.45) is 0 Å². The van der Waals surface area contributed by atoms with Gasteiger partial charge in [-0.3, -0.25) is 0 Å². The summed E-state index contributed by atoms with van der Waals surface area (Å²) in [6.07, 6.45) is 0. The van der Waals surface area contributed by atoms with Crippen LogP contribution in [0.1, 0.15) is 11.1 Å². The van der Waals surface area contributed by atoms with Crippen LogP contribution in [0.15, 0.2) is 24.3 Å². The van der Waals surface area contributed by atoms with Crippen molar-refractivity contribution < 1.29 is 0 Å². The molecule has 0 spiro atoms. The molecule has 0 N–H and O–H groups in total. The topological polar surface area (TPSA) is 23.8 Å². The fourth-order valence-corrected chi connectivity index (χ4v) is 0.954. The summed E-state index contributed by atoms with van der Waals surface area (Å²) in [6, 6.07) is 9.33. The molecule has 0 heterocycles. The summed E-state index contributed by atoms with van der Waals surface area (Å²) in [5.74, 6) is 5.93. The van der Waals surface area contributed by atoms with E-state index in [4.69, 9.17) is 5.26 Å². The van der Waals surface area contributed by atoms with E-state index in [1.54, 1.807) is 12.1 Å². The molecular weight excluding hydrogens is 261 g/mol. The quantitative estimate of drug-likeness (QED) is 0.402. The van der Waals surface area contributed by atoms with E-state index in [9.17, 15) is 0 Å². The van der Waals surface area contributed by atoms with Gasteiger partial charge >= 0.3 is 0 Å². The van der Waals surface area contributed by atoms with Crippen molar-refractivity contribution in [2.75, 3.05) is 4.43 Å². The van der Waals surface area contributed by atoms with E-state index < -0.39 is 0 Å². The van der Waals surface area contributed by atoms with Crippen LogP contribution in [0.25, 0.3) is 0 Å². The van der Waals surface area contributed by atoms with Gasteiger partial charge in [-0.2, -0.15) is 5.26 Å². The summed E-state index contributed by atoms with van der Waals surface area (Å²) in [5, 5.41) is 8.52.